The minimum Gasteiger partial charge on any atom is -0.480 e. The number of nitriles is 1. The quantitative estimate of drug-likeness (QED) is 0.912. The molecule has 0 aliphatic carbocycles. The van der Waals surface area contributed by atoms with Crippen molar-refractivity contribution in [2.45, 2.75) is 36.7 Å². The molecule has 0 radical (unpaired) electrons. The van der Waals surface area contributed by atoms with Crippen molar-refractivity contribution in [3.63, 3.8) is 0 Å². The van der Waals surface area contributed by atoms with Crippen LogP contribution in [0.2, 0.25) is 5.02 Å². The van der Waals surface area contributed by atoms with Gasteiger partial charge in [0, 0.05) is 6.04 Å². The van der Waals surface area contributed by atoms with E-state index >= 15 is 0 Å². The minimum absolute atomic E-state index is 0.0858. The Morgan fingerprint density at radius 2 is 2.14 bits per heavy atom. The number of carbonyl (C=O) groups is 1. The molecule has 1 aromatic rings. The topological polar surface area (TPSA) is 98.5 Å². The van der Waals surface area contributed by atoms with E-state index in [0.717, 1.165) is 4.31 Å². The molecule has 8 heteroatoms. The summed E-state index contributed by atoms with van der Waals surface area (Å²) >= 11 is 5.94. The number of carboxylic acid groups (broad SMARTS) is 1. The molecule has 0 amide bonds. The average molecular weight is 329 g/mol. The third kappa shape index (κ3) is 2.75. The molecular formula is C13H13ClN2O4S. The zero-order valence-electron chi connectivity index (χ0n) is 11.2. The van der Waals surface area contributed by atoms with Crippen LogP contribution in [0, 0.1) is 11.3 Å². The molecule has 2 atom stereocenters. The number of carboxylic acids is 1. The lowest BCUT2D eigenvalue weighted by molar-refractivity contribution is -0.140. The lowest BCUT2D eigenvalue weighted by Crippen LogP contribution is -2.43. The van der Waals surface area contributed by atoms with Crippen molar-refractivity contribution in [2.75, 3.05) is 0 Å². The van der Waals surface area contributed by atoms with Crippen LogP contribution in [0.5, 0.6) is 0 Å². The van der Waals surface area contributed by atoms with E-state index in [1.807, 2.05) is 6.07 Å². The fourth-order valence-corrected chi connectivity index (χ4v) is 4.85. The second kappa shape index (κ2) is 5.64. The summed E-state index contributed by atoms with van der Waals surface area (Å²) in [6.07, 6.45) is 0.744. The van der Waals surface area contributed by atoms with Gasteiger partial charge in [-0.15, -0.1) is 0 Å². The molecule has 6 nitrogen and oxygen atoms in total. The maximum atomic E-state index is 12.7. The molecule has 0 saturated carbocycles. The van der Waals surface area contributed by atoms with E-state index in [9.17, 15) is 18.3 Å². The Kier molecular flexibility index (Phi) is 4.23. The third-order valence-corrected chi connectivity index (χ3v) is 6.01. The molecule has 0 aromatic heterocycles. The van der Waals surface area contributed by atoms with Gasteiger partial charge in [0.1, 0.15) is 10.9 Å². The molecule has 1 aromatic carbocycles. The van der Waals surface area contributed by atoms with Gasteiger partial charge in [-0.1, -0.05) is 11.6 Å². The fourth-order valence-electron chi connectivity index (χ4n) is 2.49. The summed E-state index contributed by atoms with van der Waals surface area (Å²) in [7, 11) is -4.03. The Labute approximate surface area is 127 Å². The smallest absolute Gasteiger partial charge is 0.322 e. The molecule has 21 heavy (non-hydrogen) atoms. The van der Waals surface area contributed by atoms with E-state index < -0.39 is 28.1 Å². The molecule has 1 aliphatic heterocycles. The zero-order chi connectivity index (χ0) is 15.8. The Balaban J connectivity index is 2.51. The Morgan fingerprint density at radius 3 is 2.67 bits per heavy atom. The molecule has 1 aliphatic rings. The number of halogens is 1. The van der Waals surface area contributed by atoms with Crippen molar-refractivity contribution in [2.24, 2.45) is 0 Å². The van der Waals surface area contributed by atoms with Crippen LogP contribution in [-0.2, 0) is 14.8 Å². The highest BCUT2D eigenvalue weighted by Crippen LogP contribution is 2.34. The first-order valence-electron chi connectivity index (χ1n) is 6.25. The van der Waals surface area contributed by atoms with Crippen molar-refractivity contribution in [3.8, 4) is 6.07 Å². The molecular weight excluding hydrogens is 316 g/mol. The van der Waals surface area contributed by atoms with E-state index in [-0.39, 0.29) is 21.9 Å². The van der Waals surface area contributed by atoms with Gasteiger partial charge < -0.3 is 5.11 Å². The summed E-state index contributed by atoms with van der Waals surface area (Å²) in [5.41, 5.74) is 0.239. The standard InChI is InChI=1S/C13H13ClN2O4S/c1-8-2-4-11(13(17)18)16(8)21(19,20)12-5-3-9(7-15)6-10(12)14/h3,5-6,8,11H,2,4H2,1H3,(H,17,18)/t8-,11-/m1/s1. The van der Waals surface area contributed by atoms with E-state index in [1.54, 1.807) is 6.92 Å². The molecule has 0 spiro atoms. The van der Waals surface area contributed by atoms with Crippen LogP contribution < -0.4 is 0 Å². The van der Waals surface area contributed by atoms with Gasteiger partial charge in [0.05, 0.1) is 16.7 Å². The highest BCUT2D eigenvalue weighted by molar-refractivity contribution is 7.89. The van der Waals surface area contributed by atoms with Crippen molar-refractivity contribution in [1.82, 2.24) is 4.31 Å². The normalized spacial score (nSPS) is 22.9. The number of hydrogen-bond acceptors (Lipinski definition) is 4. The summed E-state index contributed by atoms with van der Waals surface area (Å²) in [4.78, 5) is 11.1. The maximum Gasteiger partial charge on any atom is 0.322 e. The molecule has 1 saturated heterocycles. The zero-order valence-corrected chi connectivity index (χ0v) is 12.7. The van der Waals surface area contributed by atoms with Crippen molar-refractivity contribution in [1.29, 1.82) is 5.26 Å². The van der Waals surface area contributed by atoms with E-state index in [2.05, 4.69) is 0 Å². The van der Waals surface area contributed by atoms with Gasteiger partial charge in [0.25, 0.3) is 0 Å². The van der Waals surface area contributed by atoms with Gasteiger partial charge in [0.15, 0.2) is 0 Å². The fraction of sp³-hybridized carbons (Fsp3) is 0.385. The van der Waals surface area contributed by atoms with Crippen LogP contribution in [0.1, 0.15) is 25.3 Å². The first-order chi connectivity index (χ1) is 9.78. The van der Waals surface area contributed by atoms with Gasteiger partial charge in [-0.2, -0.15) is 9.57 Å². The first-order valence-corrected chi connectivity index (χ1v) is 8.07. The second-order valence-electron chi connectivity index (χ2n) is 4.87. The van der Waals surface area contributed by atoms with Crippen LogP contribution in [0.15, 0.2) is 23.1 Å². The molecule has 0 bridgehead atoms. The number of sulfonamides is 1. The van der Waals surface area contributed by atoms with Gasteiger partial charge in [0.2, 0.25) is 10.0 Å². The highest BCUT2D eigenvalue weighted by atomic mass is 35.5. The number of nitrogens with zero attached hydrogens (tertiary/aromatic N) is 2. The number of hydrogen-bond donors (Lipinski definition) is 1. The van der Waals surface area contributed by atoms with Crippen LogP contribution in [0.4, 0.5) is 0 Å². The van der Waals surface area contributed by atoms with Gasteiger partial charge in [-0.25, -0.2) is 8.42 Å². The van der Waals surface area contributed by atoms with E-state index in [4.69, 9.17) is 16.9 Å². The Morgan fingerprint density at radius 1 is 1.48 bits per heavy atom. The Bertz CT molecular complexity index is 726. The van der Waals surface area contributed by atoms with Crippen molar-refractivity contribution in [3.05, 3.63) is 28.8 Å². The summed E-state index contributed by atoms with van der Waals surface area (Å²) in [6, 6.07) is 4.20. The van der Waals surface area contributed by atoms with Gasteiger partial charge in [-0.05, 0) is 38.0 Å². The second-order valence-corrected chi connectivity index (χ2v) is 7.09. The molecule has 1 N–H and O–H groups in total. The number of rotatable bonds is 3. The predicted octanol–water partition coefficient (Wildman–Crippen LogP) is 1.84. The minimum atomic E-state index is -4.03. The summed E-state index contributed by atoms with van der Waals surface area (Å²) < 4.78 is 26.3. The maximum absolute atomic E-state index is 12.7. The SMILES string of the molecule is C[C@@H]1CC[C@H](C(=O)O)N1S(=O)(=O)c1ccc(C#N)cc1Cl. The summed E-state index contributed by atoms with van der Waals surface area (Å²) in [6.45, 7) is 1.66. The Hall–Kier alpha value is -1.62. The highest BCUT2D eigenvalue weighted by Gasteiger charge is 2.44. The average Bonchev–Trinajstić information content (AvgIpc) is 2.81. The summed E-state index contributed by atoms with van der Waals surface area (Å²) in [5, 5.41) is 17.9. The molecule has 2 rings (SSSR count). The summed E-state index contributed by atoms with van der Waals surface area (Å²) in [5.74, 6) is -1.17. The molecule has 112 valence electrons. The van der Waals surface area contributed by atoms with Gasteiger partial charge >= 0.3 is 5.97 Å². The predicted molar refractivity (Wildman–Crippen MR) is 75.3 cm³/mol. The van der Waals surface area contributed by atoms with Crippen LogP contribution >= 0.6 is 11.6 Å². The lowest BCUT2D eigenvalue weighted by atomic mass is 10.2. The van der Waals surface area contributed by atoms with E-state index in [1.165, 1.54) is 18.2 Å². The molecule has 1 fully saturated rings. The number of benzene rings is 1. The molecule has 1 heterocycles. The monoisotopic (exact) mass is 328 g/mol. The van der Waals surface area contributed by atoms with Crippen molar-refractivity contribution < 1.29 is 18.3 Å². The van der Waals surface area contributed by atoms with Crippen molar-refractivity contribution >= 4 is 27.6 Å². The lowest BCUT2D eigenvalue weighted by Gasteiger charge is -2.25. The first kappa shape index (κ1) is 15.8. The van der Waals surface area contributed by atoms with Gasteiger partial charge in [-0.3, -0.25) is 4.79 Å². The largest absolute Gasteiger partial charge is 0.480 e. The third-order valence-electron chi connectivity index (χ3n) is 3.50. The van der Waals surface area contributed by atoms with Crippen LogP contribution in [-0.4, -0.2) is 35.9 Å². The van der Waals surface area contributed by atoms with E-state index in [0.29, 0.717) is 6.42 Å². The van der Waals surface area contributed by atoms with Crippen LogP contribution in [0.25, 0.3) is 0 Å². The number of aliphatic carboxylic acids is 1. The van der Waals surface area contributed by atoms with Crippen LogP contribution in [0.3, 0.4) is 0 Å². The molecule has 0 unspecified atom stereocenters.